The lowest BCUT2D eigenvalue weighted by Crippen LogP contribution is -2.44. The quantitative estimate of drug-likeness (QED) is 0.644. The van der Waals surface area contributed by atoms with Gasteiger partial charge in [0.05, 0.1) is 6.04 Å². The third-order valence-corrected chi connectivity index (χ3v) is 4.94. The predicted molar refractivity (Wildman–Crippen MR) is 98.2 cm³/mol. The molecule has 26 heavy (non-hydrogen) atoms. The van der Waals surface area contributed by atoms with E-state index in [1.54, 1.807) is 0 Å². The molecular weight excluding hydrogens is 356 g/mol. The molecule has 6 nitrogen and oxygen atoms in total. The molecule has 0 saturated heterocycles. The van der Waals surface area contributed by atoms with Crippen LogP contribution >= 0.6 is 12.4 Å². The zero-order valence-corrected chi connectivity index (χ0v) is 14.5. The van der Waals surface area contributed by atoms with Crippen LogP contribution in [0.2, 0.25) is 0 Å². The lowest BCUT2D eigenvalue weighted by atomic mass is 9.90. The first-order valence-corrected chi connectivity index (χ1v) is 8.18. The lowest BCUT2D eigenvalue weighted by molar-refractivity contribution is -0.139. The summed E-state index contributed by atoms with van der Waals surface area (Å²) >= 11 is 0. The third kappa shape index (κ3) is 2.50. The van der Waals surface area contributed by atoms with Crippen LogP contribution in [0.25, 0.3) is 10.9 Å². The number of hydrogen-bond donors (Lipinski definition) is 3. The van der Waals surface area contributed by atoms with Crippen molar-refractivity contribution < 1.29 is 19.4 Å². The number of ether oxygens (including phenoxy) is 2. The maximum Gasteiger partial charge on any atom is 0.321 e. The summed E-state index contributed by atoms with van der Waals surface area (Å²) in [5, 5.41) is 13.9. The summed E-state index contributed by atoms with van der Waals surface area (Å²) in [6.45, 7) is 0.215. The average molecular weight is 373 g/mol. The molecule has 0 saturated carbocycles. The number of carboxylic acid groups (broad SMARTS) is 1. The first kappa shape index (κ1) is 16.8. The Hall–Kier alpha value is -2.70. The molecule has 2 aliphatic rings. The number of rotatable bonds is 2. The van der Waals surface area contributed by atoms with Crippen molar-refractivity contribution in [3.63, 3.8) is 0 Å². The molecule has 0 fully saturated rings. The second kappa shape index (κ2) is 6.23. The molecule has 3 N–H and O–H groups in total. The van der Waals surface area contributed by atoms with E-state index in [4.69, 9.17) is 9.47 Å². The van der Waals surface area contributed by atoms with Crippen molar-refractivity contribution >= 4 is 29.3 Å². The molecule has 2 aliphatic heterocycles. The molecule has 134 valence electrons. The van der Waals surface area contributed by atoms with Crippen LogP contribution in [0, 0.1) is 0 Å². The fraction of sp³-hybridized carbons (Fsp3) is 0.211. The van der Waals surface area contributed by atoms with Crippen molar-refractivity contribution in [1.29, 1.82) is 0 Å². The molecule has 2 aromatic carbocycles. The van der Waals surface area contributed by atoms with Gasteiger partial charge in [-0.05, 0) is 29.3 Å². The van der Waals surface area contributed by atoms with E-state index in [0.717, 1.165) is 27.7 Å². The van der Waals surface area contributed by atoms with Gasteiger partial charge in [0.15, 0.2) is 11.5 Å². The fourth-order valence-electron chi connectivity index (χ4n) is 3.75. The topological polar surface area (TPSA) is 83.6 Å². The second-order valence-corrected chi connectivity index (χ2v) is 6.37. The highest BCUT2D eigenvalue weighted by atomic mass is 35.5. The normalized spacial score (nSPS) is 20.5. The molecule has 7 heteroatoms. The van der Waals surface area contributed by atoms with Crippen molar-refractivity contribution in [2.24, 2.45) is 0 Å². The van der Waals surface area contributed by atoms with E-state index in [1.165, 1.54) is 0 Å². The van der Waals surface area contributed by atoms with Crippen molar-refractivity contribution in [3.05, 3.63) is 59.3 Å². The minimum atomic E-state index is -0.846. The van der Waals surface area contributed by atoms with Gasteiger partial charge in [-0.15, -0.1) is 12.4 Å². The maximum atomic E-state index is 11.7. The van der Waals surface area contributed by atoms with Crippen LogP contribution in [0.3, 0.4) is 0 Å². The Morgan fingerprint density at radius 1 is 1.12 bits per heavy atom. The summed E-state index contributed by atoms with van der Waals surface area (Å²) in [5.41, 5.74) is 4.04. The highest BCUT2D eigenvalue weighted by molar-refractivity contribution is 5.87. The van der Waals surface area contributed by atoms with Crippen LogP contribution in [0.4, 0.5) is 0 Å². The van der Waals surface area contributed by atoms with Gasteiger partial charge in [0.1, 0.15) is 6.04 Å². The van der Waals surface area contributed by atoms with Gasteiger partial charge in [-0.3, -0.25) is 10.1 Å². The predicted octanol–water partition coefficient (Wildman–Crippen LogP) is 3.01. The van der Waals surface area contributed by atoms with Gasteiger partial charge in [0, 0.05) is 23.0 Å². The first-order chi connectivity index (χ1) is 12.2. The van der Waals surface area contributed by atoms with Crippen molar-refractivity contribution in [2.75, 3.05) is 6.79 Å². The Labute approximate surface area is 155 Å². The summed E-state index contributed by atoms with van der Waals surface area (Å²) < 4.78 is 10.8. The number of halogens is 1. The Morgan fingerprint density at radius 2 is 1.92 bits per heavy atom. The molecule has 1 aromatic heterocycles. The number of fused-ring (bicyclic) bond motifs is 4. The minimum Gasteiger partial charge on any atom is -0.480 e. The van der Waals surface area contributed by atoms with Gasteiger partial charge in [0.25, 0.3) is 0 Å². The fourth-order valence-corrected chi connectivity index (χ4v) is 3.75. The van der Waals surface area contributed by atoms with E-state index in [-0.39, 0.29) is 25.2 Å². The highest BCUT2D eigenvalue weighted by Gasteiger charge is 2.34. The number of benzene rings is 2. The number of para-hydroxylation sites is 1. The van der Waals surface area contributed by atoms with Crippen LogP contribution in [-0.4, -0.2) is 28.9 Å². The molecule has 3 heterocycles. The maximum absolute atomic E-state index is 11.7. The largest absolute Gasteiger partial charge is 0.480 e. The van der Waals surface area contributed by atoms with E-state index in [9.17, 15) is 9.90 Å². The van der Waals surface area contributed by atoms with Gasteiger partial charge in [-0.2, -0.15) is 0 Å². The van der Waals surface area contributed by atoms with Crippen molar-refractivity contribution in [2.45, 2.75) is 18.5 Å². The van der Waals surface area contributed by atoms with Crippen LogP contribution in [0.1, 0.15) is 22.9 Å². The number of nitrogens with one attached hydrogen (secondary N) is 2. The van der Waals surface area contributed by atoms with E-state index < -0.39 is 12.0 Å². The number of carboxylic acids is 1. The number of aromatic nitrogens is 1. The molecule has 0 aliphatic carbocycles. The molecule has 2 atom stereocenters. The minimum absolute atomic E-state index is 0. The SMILES string of the molecule is Cl.O=C(O)[C@H]1Cc2c([nH]c3ccccc23)[C@@H](c2ccc3c(c2)OCO3)N1. The number of carbonyl (C=O) groups is 1. The number of H-pyrrole nitrogens is 1. The van der Waals surface area contributed by atoms with E-state index in [0.29, 0.717) is 17.9 Å². The molecule has 0 amide bonds. The number of aromatic amines is 1. The number of aliphatic carboxylic acids is 1. The van der Waals surface area contributed by atoms with Crippen LogP contribution in [0.5, 0.6) is 11.5 Å². The lowest BCUT2D eigenvalue weighted by Gasteiger charge is -2.29. The molecule has 5 rings (SSSR count). The molecule has 3 aromatic rings. The standard InChI is InChI=1S/C19H16N2O4.ClH/c22-19(23)14-8-12-11-3-1-2-4-13(11)20-18(12)17(21-14)10-5-6-15-16(7-10)25-9-24-15;/h1-7,14,17,20-21H,8-9H2,(H,22,23);1H/t14-,17-;/m1./s1. The third-order valence-electron chi connectivity index (χ3n) is 4.94. The summed E-state index contributed by atoms with van der Waals surface area (Å²) in [6.07, 6.45) is 0.454. The molecule has 0 spiro atoms. The molecule has 0 unspecified atom stereocenters. The monoisotopic (exact) mass is 372 g/mol. The van der Waals surface area contributed by atoms with Crippen LogP contribution in [-0.2, 0) is 11.2 Å². The second-order valence-electron chi connectivity index (χ2n) is 6.37. The van der Waals surface area contributed by atoms with Gasteiger partial charge in [-0.1, -0.05) is 24.3 Å². The van der Waals surface area contributed by atoms with Gasteiger partial charge in [-0.25, -0.2) is 0 Å². The molecular formula is C19H17ClN2O4. The summed E-state index contributed by atoms with van der Waals surface area (Å²) in [7, 11) is 0. The Morgan fingerprint density at radius 3 is 2.77 bits per heavy atom. The Kier molecular flexibility index (Phi) is 4.01. The van der Waals surface area contributed by atoms with Crippen LogP contribution in [0.15, 0.2) is 42.5 Å². The van der Waals surface area contributed by atoms with E-state index >= 15 is 0 Å². The van der Waals surface area contributed by atoms with Gasteiger partial charge < -0.3 is 19.6 Å². The smallest absolute Gasteiger partial charge is 0.321 e. The number of hydrogen-bond acceptors (Lipinski definition) is 4. The first-order valence-electron chi connectivity index (χ1n) is 8.18. The van der Waals surface area contributed by atoms with Crippen molar-refractivity contribution in [3.8, 4) is 11.5 Å². The van der Waals surface area contributed by atoms with Gasteiger partial charge >= 0.3 is 5.97 Å². The molecule has 0 radical (unpaired) electrons. The van der Waals surface area contributed by atoms with Gasteiger partial charge in [0.2, 0.25) is 6.79 Å². The van der Waals surface area contributed by atoms with Crippen molar-refractivity contribution in [1.82, 2.24) is 10.3 Å². The Bertz CT molecular complexity index is 1000. The average Bonchev–Trinajstić information content (AvgIpc) is 3.24. The zero-order valence-electron chi connectivity index (χ0n) is 13.7. The zero-order chi connectivity index (χ0) is 17.0. The van der Waals surface area contributed by atoms with E-state index in [1.807, 2.05) is 42.5 Å². The summed E-state index contributed by atoms with van der Waals surface area (Å²) in [5.74, 6) is 0.558. The highest BCUT2D eigenvalue weighted by Crippen LogP contribution is 2.39. The molecule has 0 bridgehead atoms. The van der Waals surface area contributed by atoms with E-state index in [2.05, 4.69) is 10.3 Å². The summed E-state index contributed by atoms with van der Waals surface area (Å²) in [6, 6.07) is 12.8. The summed E-state index contributed by atoms with van der Waals surface area (Å²) in [4.78, 5) is 15.1. The Balaban J connectivity index is 0.00000168. The van der Waals surface area contributed by atoms with Crippen LogP contribution < -0.4 is 14.8 Å².